The maximum Gasteiger partial charge on any atom is 0.416 e. The molecule has 0 saturated carbocycles. The van der Waals surface area contributed by atoms with Crippen LogP contribution in [0, 0.1) is 10.1 Å². The van der Waals surface area contributed by atoms with Crippen LogP contribution in [0.15, 0.2) is 36.4 Å². The van der Waals surface area contributed by atoms with Crippen LogP contribution in [0.5, 0.6) is 11.5 Å². The fourth-order valence-electron chi connectivity index (χ4n) is 1.90. The number of benzene rings is 2. The minimum Gasteiger partial charge on any atom is -0.456 e. The first-order valence-electron chi connectivity index (χ1n) is 6.36. The predicted molar refractivity (Wildman–Crippen MR) is 85.1 cm³/mol. The number of alkyl halides is 3. The predicted octanol–water partition coefficient (Wildman–Crippen LogP) is 5.17. The van der Waals surface area contributed by atoms with E-state index >= 15 is 0 Å². The summed E-state index contributed by atoms with van der Waals surface area (Å²) in [5, 5.41) is 16.1. The highest BCUT2D eigenvalue weighted by Gasteiger charge is 2.31. The van der Waals surface area contributed by atoms with Gasteiger partial charge in [-0.3, -0.25) is 15.3 Å². The quantitative estimate of drug-likeness (QED) is 0.441. The zero-order valence-electron chi connectivity index (χ0n) is 11.8. The van der Waals surface area contributed by atoms with Gasteiger partial charge in [-0.2, -0.15) is 13.2 Å². The summed E-state index contributed by atoms with van der Waals surface area (Å²) in [6, 6.07) is 6.63. The Hall–Kier alpha value is -1.97. The third kappa shape index (κ3) is 4.31. The van der Waals surface area contributed by atoms with Gasteiger partial charge in [0, 0.05) is 17.4 Å². The van der Waals surface area contributed by atoms with E-state index in [0.29, 0.717) is 5.56 Å². The van der Waals surface area contributed by atoms with Crippen molar-refractivity contribution in [1.82, 2.24) is 0 Å². The molecule has 0 aliphatic carbocycles. The highest BCUT2D eigenvalue weighted by atomic mass is 35.5. The molecule has 0 amide bonds. The van der Waals surface area contributed by atoms with Crippen LogP contribution < -0.4 is 9.88 Å². The Balaban J connectivity index is 2.31. The second-order valence-electron chi connectivity index (χ2n) is 4.60. The van der Waals surface area contributed by atoms with Crippen molar-refractivity contribution >= 4 is 29.2 Å². The lowest BCUT2D eigenvalue weighted by atomic mass is 10.2. The molecule has 0 heterocycles. The zero-order valence-corrected chi connectivity index (χ0v) is 13.4. The Kier molecular flexibility index (Phi) is 5.58. The van der Waals surface area contributed by atoms with Crippen LogP contribution in [0.2, 0.25) is 5.02 Å². The van der Waals surface area contributed by atoms with Crippen LogP contribution in [0.4, 0.5) is 18.9 Å². The molecule has 24 heavy (non-hydrogen) atoms. The molecule has 0 fully saturated rings. The van der Waals surface area contributed by atoms with Gasteiger partial charge in [0.05, 0.1) is 15.5 Å². The standard InChI is InChI=1S/C14H10ClF3N2O3S/c15-11-6-9(14(16,17)18)1-4-13(11)23-10-2-3-12(20(21)22)8(5-10)7-24-19/h1-6H,7,19H2. The fourth-order valence-corrected chi connectivity index (χ4v) is 2.53. The molecule has 0 bridgehead atoms. The lowest BCUT2D eigenvalue weighted by molar-refractivity contribution is -0.385. The Labute approximate surface area is 143 Å². The van der Waals surface area contributed by atoms with Gasteiger partial charge in [-0.05, 0) is 30.3 Å². The molecule has 0 aliphatic heterocycles. The summed E-state index contributed by atoms with van der Waals surface area (Å²) in [6.07, 6.45) is -4.51. The molecule has 128 valence electrons. The van der Waals surface area contributed by atoms with Gasteiger partial charge in [0.25, 0.3) is 5.69 Å². The van der Waals surface area contributed by atoms with E-state index in [9.17, 15) is 23.3 Å². The van der Waals surface area contributed by atoms with Gasteiger partial charge in [0.2, 0.25) is 0 Å². The van der Waals surface area contributed by atoms with Crippen molar-refractivity contribution in [1.29, 1.82) is 0 Å². The monoisotopic (exact) mass is 378 g/mol. The lowest BCUT2D eigenvalue weighted by Crippen LogP contribution is -2.04. The molecule has 2 N–H and O–H groups in total. The average molecular weight is 379 g/mol. The van der Waals surface area contributed by atoms with Crippen LogP contribution in [0.1, 0.15) is 11.1 Å². The summed E-state index contributed by atoms with van der Waals surface area (Å²) < 4.78 is 43.2. The SMILES string of the molecule is NSCc1cc(Oc2ccc(C(F)(F)F)cc2Cl)ccc1[N+](=O)[O-]. The number of hydrogen-bond donors (Lipinski definition) is 1. The highest BCUT2D eigenvalue weighted by Crippen LogP contribution is 2.37. The largest absolute Gasteiger partial charge is 0.456 e. The lowest BCUT2D eigenvalue weighted by Gasteiger charge is -2.12. The van der Waals surface area contributed by atoms with Gasteiger partial charge >= 0.3 is 6.18 Å². The van der Waals surface area contributed by atoms with Crippen molar-refractivity contribution in [2.24, 2.45) is 5.14 Å². The summed E-state index contributed by atoms with van der Waals surface area (Å²) in [4.78, 5) is 10.4. The minimum atomic E-state index is -4.51. The number of nitrogens with two attached hydrogens (primary N) is 1. The van der Waals surface area contributed by atoms with Crippen molar-refractivity contribution in [3.63, 3.8) is 0 Å². The van der Waals surface area contributed by atoms with Gasteiger partial charge in [0.15, 0.2) is 0 Å². The van der Waals surface area contributed by atoms with Crippen LogP contribution in [-0.4, -0.2) is 4.92 Å². The Morgan fingerprint density at radius 1 is 1.25 bits per heavy atom. The van der Waals surface area contributed by atoms with Gasteiger partial charge < -0.3 is 4.74 Å². The number of rotatable bonds is 5. The molecular formula is C14H10ClF3N2O3S. The van der Waals surface area contributed by atoms with E-state index in [1.807, 2.05) is 0 Å². The zero-order chi connectivity index (χ0) is 17.9. The third-order valence-corrected chi connectivity index (χ3v) is 3.75. The number of hydrogen-bond acceptors (Lipinski definition) is 5. The molecule has 2 aromatic carbocycles. The van der Waals surface area contributed by atoms with E-state index in [-0.39, 0.29) is 28.0 Å². The molecule has 10 heteroatoms. The third-order valence-electron chi connectivity index (χ3n) is 2.97. The van der Waals surface area contributed by atoms with Crippen LogP contribution >= 0.6 is 23.5 Å². The second-order valence-corrected chi connectivity index (χ2v) is 5.63. The smallest absolute Gasteiger partial charge is 0.416 e. The highest BCUT2D eigenvalue weighted by molar-refractivity contribution is 7.96. The molecule has 5 nitrogen and oxygen atoms in total. The summed E-state index contributed by atoms with van der Waals surface area (Å²) in [5.41, 5.74) is -0.698. The fraction of sp³-hybridized carbons (Fsp3) is 0.143. The summed E-state index contributed by atoms with van der Waals surface area (Å²) >= 11 is 6.71. The average Bonchev–Trinajstić information content (AvgIpc) is 2.48. The first kappa shape index (κ1) is 18.4. The molecule has 0 saturated heterocycles. The summed E-state index contributed by atoms with van der Waals surface area (Å²) in [6.45, 7) is 0. The number of ether oxygens (including phenoxy) is 1. The molecule has 2 rings (SSSR count). The second kappa shape index (κ2) is 7.29. The van der Waals surface area contributed by atoms with Crippen LogP contribution in [0.3, 0.4) is 0 Å². The van der Waals surface area contributed by atoms with Gasteiger partial charge in [-0.15, -0.1) is 0 Å². The first-order chi connectivity index (χ1) is 11.2. The molecular weight excluding hydrogens is 369 g/mol. The van der Waals surface area contributed by atoms with Crippen molar-refractivity contribution in [2.75, 3.05) is 0 Å². The molecule has 0 unspecified atom stereocenters. The van der Waals surface area contributed by atoms with Crippen molar-refractivity contribution < 1.29 is 22.8 Å². The van der Waals surface area contributed by atoms with Crippen molar-refractivity contribution in [2.45, 2.75) is 11.9 Å². The van der Waals surface area contributed by atoms with Crippen molar-refractivity contribution in [3.05, 3.63) is 62.7 Å². The van der Waals surface area contributed by atoms with Gasteiger partial charge in [0.1, 0.15) is 11.5 Å². The van der Waals surface area contributed by atoms with E-state index in [4.69, 9.17) is 21.5 Å². The van der Waals surface area contributed by atoms with E-state index in [2.05, 4.69) is 0 Å². The number of nitro benzene ring substituents is 1. The Bertz CT molecular complexity index is 771. The van der Waals surface area contributed by atoms with Gasteiger partial charge in [-0.1, -0.05) is 23.5 Å². The maximum atomic E-state index is 12.6. The van der Waals surface area contributed by atoms with E-state index in [1.54, 1.807) is 0 Å². The van der Waals surface area contributed by atoms with E-state index < -0.39 is 16.7 Å². The normalized spacial score (nSPS) is 11.4. The molecule has 2 aromatic rings. The molecule has 0 spiro atoms. The summed E-state index contributed by atoms with van der Waals surface area (Å²) in [5.74, 6) is 0.380. The maximum absolute atomic E-state index is 12.6. The minimum absolute atomic E-state index is 0.00451. The van der Waals surface area contributed by atoms with E-state index in [1.165, 1.54) is 18.2 Å². The number of halogens is 4. The van der Waals surface area contributed by atoms with Crippen LogP contribution in [0.25, 0.3) is 0 Å². The Morgan fingerprint density at radius 3 is 2.50 bits per heavy atom. The van der Waals surface area contributed by atoms with E-state index in [0.717, 1.165) is 30.1 Å². The van der Waals surface area contributed by atoms with Gasteiger partial charge in [-0.25, -0.2) is 0 Å². The van der Waals surface area contributed by atoms with Crippen LogP contribution in [-0.2, 0) is 11.9 Å². The summed E-state index contributed by atoms with van der Waals surface area (Å²) in [7, 11) is 0. The number of nitro groups is 1. The Morgan fingerprint density at radius 2 is 1.96 bits per heavy atom. The molecule has 0 radical (unpaired) electrons. The molecule has 0 atom stereocenters. The topological polar surface area (TPSA) is 78.4 Å². The molecule has 0 aromatic heterocycles. The number of nitrogens with zero attached hydrogens (tertiary/aromatic N) is 1. The first-order valence-corrected chi connectivity index (χ1v) is 7.78. The van der Waals surface area contributed by atoms with Crippen molar-refractivity contribution in [3.8, 4) is 11.5 Å². The molecule has 0 aliphatic rings.